The number of thiazole rings is 1. The molecule has 4 aromatic rings. The van der Waals surface area contributed by atoms with Crippen molar-refractivity contribution in [3.63, 3.8) is 0 Å². The topological polar surface area (TPSA) is 86.2 Å². The fourth-order valence-corrected chi connectivity index (χ4v) is 3.72. The molecule has 156 valence electrons. The Morgan fingerprint density at radius 1 is 0.968 bits per heavy atom. The van der Waals surface area contributed by atoms with E-state index >= 15 is 0 Å². The first-order chi connectivity index (χ1) is 15.0. The number of nitrogens with zero attached hydrogens (tertiary/aromatic N) is 2. The van der Waals surface area contributed by atoms with Crippen LogP contribution in [0.4, 0.5) is 0 Å². The number of rotatable bonds is 6. The molecule has 0 atom stereocenters. The molecule has 0 aliphatic carbocycles. The Kier molecular flexibility index (Phi) is 7.38. The average Bonchev–Trinajstić information content (AvgIpc) is 3.24. The lowest BCUT2D eigenvalue weighted by molar-refractivity contribution is -0.191. The van der Waals surface area contributed by atoms with Gasteiger partial charge in [-0.15, -0.1) is 11.3 Å². The number of ether oxygens (including phenoxy) is 1. The molecule has 0 spiro atoms. The van der Waals surface area contributed by atoms with Crippen LogP contribution in [-0.4, -0.2) is 21.9 Å². The first-order valence-corrected chi connectivity index (χ1v) is 10.4. The van der Waals surface area contributed by atoms with Crippen LogP contribution >= 0.6 is 11.3 Å². The molecule has 0 amide bonds. The van der Waals surface area contributed by atoms with Crippen molar-refractivity contribution in [3.8, 4) is 11.5 Å². The van der Waals surface area contributed by atoms with E-state index in [0.717, 1.165) is 33.0 Å². The predicted molar refractivity (Wildman–Crippen MR) is 117 cm³/mol. The molecule has 7 heteroatoms. The number of fused-ring (bicyclic) bond motifs is 1. The maximum absolute atomic E-state index is 12.2. The van der Waals surface area contributed by atoms with Gasteiger partial charge in [-0.05, 0) is 60.9 Å². The Morgan fingerprint density at radius 2 is 1.68 bits per heavy atom. The van der Waals surface area contributed by atoms with Gasteiger partial charge in [0.05, 0.1) is 16.9 Å². The van der Waals surface area contributed by atoms with E-state index in [9.17, 15) is 4.79 Å². The number of pyridine rings is 1. The Balaban J connectivity index is 0.000000858. The molecule has 0 radical (unpaired) electrons. The van der Waals surface area contributed by atoms with Crippen LogP contribution < -0.4 is 4.74 Å². The lowest BCUT2D eigenvalue weighted by Gasteiger charge is -2.11. The summed E-state index contributed by atoms with van der Waals surface area (Å²) in [5.74, 6) is 1.68. The molecule has 0 aliphatic rings. The second kappa shape index (κ2) is 10.4. The number of carbonyl (C=O) groups excluding carboxylic acids is 3. The van der Waals surface area contributed by atoms with Crippen LogP contribution in [0.25, 0.3) is 10.9 Å². The van der Waals surface area contributed by atoms with Gasteiger partial charge in [0.15, 0.2) is 0 Å². The van der Waals surface area contributed by atoms with E-state index in [1.165, 1.54) is 22.5 Å². The third-order valence-corrected chi connectivity index (χ3v) is 5.48. The second-order valence-electron chi connectivity index (χ2n) is 6.91. The minimum absolute atomic E-state index is 0.162. The van der Waals surface area contributed by atoms with Crippen molar-refractivity contribution in [3.05, 3.63) is 81.9 Å². The fourth-order valence-electron chi connectivity index (χ4n) is 3.07. The van der Waals surface area contributed by atoms with Gasteiger partial charge in [-0.3, -0.25) is 9.78 Å². The van der Waals surface area contributed by atoms with E-state index in [2.05, 4.69) is 35.9 Å². The highest BCUT2D eigenvalue weighted by Crippen LogP contribution is 2.30. The number of aryl methyl sites for hydroxylation is 2. The third kappa shape index (κ3) is 5.92. The van der Waals surface area contributed by atoms with Crippen LogP contribution in [0.15, 0.2) is 60.2 Å². The monoisotopic (exact) mass is 432 g/mol. The molecule has 0 bridgehead atoms. The average molecular weight is 433 g/mol. The minimum Gasteiger partial charge on any atom is -0.457 e. The maximum Gasteiger partial charge on any atom is 0.373 e. The van der Waals surface area contributed by atoms with Crippen molar-refractivity contribution in [1.82, 2.24) is 9.97 Å². The summed E-state index contributed by atoms with van der Waals surface area (Å²) >= 11 is 1.51. The van der Waals surface area contributed by atoms with E-state index < -0.39 is 0 Å². The summed E-state index contributed by atoms with van der Waals surface area (Å²) in [6.07, 6.45) is 4.53. The van der Waals surface area contributed by atoms with Crippen molar-refractivity contribution >= 4 is 34.2 Å². The van der Waals surface area contributed by atoms with Crippen molar-refractivity contribution in [2.45, 2.75) is 26.7 Å². The number of hydrogen-bond donors (Lipinski definition) is 0. The van der Waals surface area contributed by atoms with E-state index in [0.29, 0.717) is 12.8 Å². The van der Waals surface area contributed by atoms with Crippen molar-refractivity contribution in [2.75, 3.05) is 0 Å². The zero-order chi connectivity index (χ0) is 22.2. The minimum atomic E-state index is 0.162. The molecule has 31 heavy (non-hydrogen) atoms. The second-order valence-corrected chi connectivity index (χ2v) is 7.89. The molecule has 0 saturated carbocycles. The molecule has 4 rings (SSSR count). The number of aromatic nitrogens is 2. The Morgan fingerprint density at radius 3 is 2.35 bits per heavy atom. The summed E-state index contributed by atoms with van der Waals surface area (Å²) < 4.78 is 6.10. The van der Waals surface area contributed by atoms with Gasteiger partial charge in [0.2, 0.25) is 0 Å². The number of hydrogen-bond acceptors (Lipinski definition) is 7. The Labute approximate surface area is 183 Å². The van der Waals surface area contributed by atoms with Gasteiger partial charge in [0.1, 0.15) is 17.3 Å². The molecule has 2 aromatic carbocycles. The third-order valence-electron chi connectivity index (χ3n) is 4.70. The molecule has 0 fully saturated rings. The summed E-state index contributed by atoms with van der Waals surface area (Å²) in [7, 11) is 0. The van der Waals surface area contributed by atoms with E-state index in [1.807, 2.05) is 35.7 Å². The number of Topliss-reactive ketones (excluding diaryl/α,β-unsaturated/α-hetero) is 1. The molecule has 0 saturated heterocycles. The summed E-state index contributed by atoms with van der Waals surface area (Å²) in [6.45, 7) is 4.17. The van der Waals surface area contributed by atoms with E-state index in [-0.39, 0.29) is 11.9 Å². The van der Waals surface area contributed by atoms with Gasteiger partial charge in [0, 0.05) is 29.6 Å². The van der Waals surface area contributed by atoms with Crippen molar-refractivity contribution in [2.24, 2.45) is 0 Å². The lowest BCUT2D eigenvalue weighted by Crippen LogP contribution is -2.06. The largest absolute Gasteiger partial charge is 0.457 e. The van der Waals surface area contributed by atoms with Crippen LogP contribution in [-0.2, 0) is 27.2 Å². The molecule has 2 heterocycles. The van der Waals surface area contributed by atoms with Crippen LogP contribution in [0.3, 0.4) is 0 Å². The molecule has 6 nitrogen and oxygen atoms in total. The summed E-state index contributed by atoms with van der Waals surface area (Å²) in [6, 6.07) is 13.7. The molecule has 2 aromatic heterocycles. The number of ketones is 1. The Bertz CT molecular complexity index is 1210. The highest BCUT2D eigenvalue weighted by atomic mass is 32.1. The summed E-state index contributed by atoms with van der Waals surface area (Å²) in [4.78, 5) is 37.0. The van der Waals surface area contributed by atoms with Gasteiger partial charge in [-0.2, -0.15) is 9.59 Å². The first-order valence-electron chi connectivity index (χ1n) is 9.52. The van der Waals surface area contributed by atoms with Crippen LogP contribution in [0.1, 0.15) is 21.7 Å². The van der Waals surface area contributed by atoms with Gasteiger partial charge in [-0.25, -0.2) is 4.98 Å². The standard InChI is InChI=1S/C23H20N2O2S.CO2/c1-15-11-20-21(12-16(15)2)24-8-7-22(20)27-19-5-3-17(4-6-19)13-18(26)14-23-25-9-10-28-23;2-1-3/h3-12H,13-14H2,1-2H3;. The summed E-state index contributed by atoms with van der Waals surface area (Å²) in [5, 5.41) is 3.74. The van der Waals surface area contributed by atoms with Crippen LogP contribution in [0.5, 0.6) is 11.5 Å². The van der Waals surface area contributed by atoms with Gasteiger partial charge in [-0.1, -0.05) is 12.1 Å². The SMILES string of the molecule is Cc1cc2nccc(Oc3ccc(CC(=O)Cc4nccs4)cc3)c2cc1C.O=C=O. The zero-order valence-electron chi connectivity index (χ0n) is 17.1. The van der Waals surface area contributed by atoms with Crippen molar-refractivity contribution < 1.29 is 19.1 Å². The number of carbonyl (C=O) groups is 1. The molecule has 0 unspecified atom stereocenters. The Hall–Kier alpha value is -3.67. The molecular formula is C24H20N2O4S. The number of benzene rings is 2. The molecule has 0 aliphatic heterocycles. The van der Waals surface area contributed by atoms with Crippen LogP contribution in [0.2, 0.25) is 0 Å². The van der Waals surface area contributed by atoms with E-state index in [1.54, 1.807) is 12.4 Å². The van der Waals surface area contributed by atoms with Gasteiger partial charge in [0.25, 0.3) is 0 Å². The zero-order valence-corrected chi connectivity index (χ0v) is 17.9. The highest BCUT2D eigenvalue weighted by molar-refractivity contribution is 7.09. The smallest absolute Gasteiger partial charge is 0.373 e. The highest BCUT2D eigenvalue weighted by Gasteiger charge is 2.09. The normalized spacial score (nSPS) is 10.1. The molecular weight excluding hydrogens is 412 g/mol. The quantitative estimate of drug-likeness (QED) is 0.432. The van der Waals surface area contributed by atoms with E-state index in [4.69, 9.17) is 14.3 Å². The van der Waals surface area contributed by atoms with Gasteiger partial charge < -0.3 is 4.74 Å². The van der Waals surface area contributed by atoms with Crippen LogP contribution in [0, 0.1) is 13.8 Å². The fraction of sp³-hybridized carbons (Fsp3) is 0.167. The summed E-state index contributed by atoms with van der Waals surface area (Å²) in [5.41, 5.74) is 4.31. The lowest BCUT2D eigenvalue weighted by atomic mass is 10.1. The van der Waals surface area contributed by atoms with Gasteiger partial charge >= 0.3 is 6.15 Å². The predicted octanol–water partition coefficient (Wildman–Crippen LogP) is 4.87. The molecule has 0 N–H and O–H groups in total. The first kappa shape index (κ1) is 22.0. The maximum atomic E-state index is 12.2. The van der Waals surface area contributed by atoms with Crippen molar-refractivity contribution in [1.29, 1.82) is 0 Å².